The van der Waals surface area contributed by atoms with Crippen LogP contribution in [0.3, 0.4) is 0 Å². The van der Waals surface area contributed by atoms with Gasteiger partial charge in [-0.1, -0.05) is 0 Å². The molecule has 0 unspecified atom stereocenters. The number of aryl methyl sites for hydroxylation is 1. The summed E-state index contributed by atoms with van der Waals surface area (Å²) in [6, 6.07) is 5.70. The molecule has 0 saturated heterocycles. The molecule has 0 heterocycles. The molecule has 0 bridgehead atoms. The average Bonchev–Trinajstić information content (AvgIpc) is 2.27. The van der Waals surface area contributed by atoms with E-state index in [4.69, 9.17) is 5.73 Å². The van der Waals surface area contributed by atoms with E-state index in [-0.39, 0.29) is 6.73 Å². The van der Waals surface area contributed by atoms with Crippen LogP contribution in [0.5, 0.6) is 0 Å². The monoisotopic (exact) mass is 259 g/mol. The van der Waals surface area contributed by atoms with Crippen LogP contribution in [0.25, 0.3) is 0 Å². The Balaban J connectivity index is 2.20. The molecule has 0 radical (unpaired) electrons. The maximum atomic E-state index is 10.1. The first-order chi connectivity index (χ1) is 8.09. The van der Waals surface area contributed by atoms with Crippen molar-refractivity contribution >= 4 is 22.4 Å². The number of nitrogens with one attached hydrogen (secondary N) is 2. The van der Waals surface area contributed by atoms with Gasteiger partial charge in [0.25, 0.3) is 11.0 Å². The Morgan fingerprint density at radius 3 is 2.76 bits per heavy atom. The highest BCUT2D eigenvalue weighted by atomic mass is 32.2. The first-order valence-corrected chi connectivity index (χ1v) is 6.27. The van der Waals surface area contributed by atoms with Gasteiger partial charge < -0.3 is 11.1 Å². The number of nitrogens with two attached hydrogens (primary N) is 1. The molecule has 0 atom stereocenters. The van der Waals surface area contributed by atoms with Crippen LogP contribution in [0, 0.1) is 6.92 Å². The molecule has 0 spiro atoms. The zero-order valence-corrected chi connectivity index (χ0v) is 10.5. The molecule has 4 N–H and O–H groups in total. The third-order valence-corrected chi connectivity index (χ3v) is 2.51. The lowest BCUT2D eigenvalue weighted by Crippen LogP contribution is -2.24. The van der Waals surface area contributed by atoms with Crippen molar-refractivity contribution in [3.05, 3.63) is 23.8 Å². The van der Waals surface area contributed by atoms with Gasteiger partial charge in [0, 0.05) is 24.5 Å². The van der Waals surface area contributed by atoms with Crippen LogP contribution in [0.2, 0.25) is 0 Å². The topological polar surface area (TPSA) is 93.5 Å². The van der Waals surface area contributed by atoms with Gasteiger partial charge in [-0.05, 0) is 30.7 Å². The van der Waals surface area contributed by atoms with E-state index in [1.807, 2.05) is 25.1 Å². The number of anilines is 2. The number of benzene rings is 1. The van der Waals surface area contributed by atoms with Crippen molar-refractivity contribution in [3.63, 3.8) is 0 Å². The smallest absolute Gasteiger partial charge is 0.258 e. The van der Waals surface area contributed by atoms with Crippen LogP contribution in [0.15, 0.2) is 18.2 Å². The largest absolute Gasteiger partial charge is 0.399 e. The highest BCUT2D eigenvalue weighted by Gasteiger charge is 1.95. The summed E-state index contributed by atoms with van der Waals surface area (Å²) >= 11 is 0. The minimum absolute atomic E-state index is 0.00114. The van der Waals surface area contributed by atoms with Crippen LogP contribution >= 0.6 is 0 Å². The quantitative estimate of drug-likeness (QED) is 0.240. The standard InChI is InChI=1S/C10H17N3O3S/c1-8-6-9(2-3-10(8)11)13-5-4-12-7-16-17(14)15/h2-3,6,12-13,17H,4-5,7,11H2,1H3. The molecule has 96 valence electrons. The van der Waals surface area contributed by atoms with Crippen molar-refractivity contribution in [2.24, 2.45) is 0 Å². The summed E-state index contributed by atoms with van der Waals surface area (Å²) in [6.07, 6.45) is 0. The number of nitrogen functional groups attached to an aromatic ring is 1. The second kappa shape index (κ2) is 7.10. The molecule has 1 aromatic rings. The number of rotatable bonds is 7. The van der Waals surface area contributed by atoms with Crippen molar-refractivity contribution in [2.45, 2.75) is 6.92 Å². The van der Waals surface area contributed by atoms with Gasteiger partial charge in [-0.25, -0.2) is 8.42 Å². The molecule has 0 fully saturated rings. The lowest BCUT2D eigenvalue weighted by molar-refractivity contribution is 0.302. The Morgan fingerprint density at radius 2 is 2.12 bits per heavy atom. The first kappa shape index (κ1) is 13.8. The molecule has 0 aliphatic rings. The molecule has 6 nitrogen and oxygen atoms in total. The molecule has 0 amide bonds. The molecular formula is C10H17N3O3S. The van der Waals surface area contributed by atoms with E-state index in [1.165, 1.54) is 0 Å². The average molecular weight is 259 g/mol. The molecule has 0 saturated carbocycles. The van der Waals surface area contributed by atoms with Gasteiger partial charge in [0.2, 0.25) is 0 Å². The number of hydrogen-bond donors (Lipinski definition) is 4. The summed E-state index contributed by atoms with van der Waals surface area (Å²) in [6.45, 7) is 3.22. The molecule has 0 aliphatic carbocycles. The maximum Gasteiger partial charge on any atom is 0.258 e. The second-order valence-electron chi connectivity index (χ2n) is 3.50. The van der Waals surface area contributed by atoms with E-state index in [1.54, 1.807) is 0 Å². The van der Waals surface area contributed by atoms with Gasteiger partial charge in [0.05, 0.1) is 0 Å². The summed E-state index contributed by atoms with van der Waals surface area (Å²) in [5.41, 5.74) is 8.47. The molecular weight excluding hydrogens is 242 g/mol. The van der Waals surface area contributed by atoms with E-state index >= 15 is 0 Å². The van der Waals surface area contributed by atoms with E-state index < -0.39 is 11.0 Å². The van der Waals surface area contributed by atoms with E-state index in [9.17, 15) is 8.42 Å². The van der Waals surface area contributed by atoms with Crippen LogP contribution in [-0.4, -0.2) is 28.2 Å². The zero-order valence-electron chi connectivity index (χ0n) is 9.60. The van der Waals surface area contributed by atoms with Crippen LogP contribution in [0.4, 0.5) is 11.4 Å². The summed E-state index contributed by atoms with van der Waals surface area (Å²) < 4.78 is 24.5. The minimum Gasteiger partial charge on any atom is -0.399 e. The molecule has 7 heteroatoms. The predicted molar refractivity (Wildman–Crippen MR) is 68.4 cm³/mol. The van der Waals surface area contributed by atoms with Crippen molar-refractivity contribution in [1.29, 1.82) is 0 Å². The van der Waals surface area contributed by atoms with E-state index in [2.05, 4.69) is 14.8 Å². The Morgan fingerprint density at radius 1 is 1.35 bits per heavy atom. The summed E-state index contributed by atoms with van der Waals surface area (Å²) in [5, 5.41) is 6.00. The van der Waals surface area contributed by atoms with Crippen molar-refractivity contribution in [2.75, 3.05) is 30.9 Å². The van der Waals surface area contributed by atoms with Gasteiger partial charge >= 0.3 is 0 Å². The number of hydrogen-bond acceptors (Lipinski definition) is 6. The van der Waals surface area contributed by atoms with Gasteiger partial charge in [-0.3, -0.25) is 9.50 Å². The van der Waals surface area contributed by atoms with Crippen molar-refractivity contribution < 1.29 is 12.6 Å². The molecule has 1 rings (SSSR count). The lowest BCUT2D eigenvalue weighted by atomic mass is 10.2. The maximum absolute atomic E-state index is 10.1. The molecule has 17 heavy (non-hydrogen) atoms. The van der Waals surface area contributed by atoms with Gasteiger partial charge in [0.1, 0.15) is 6.73 Å². The highest BCUT2D eigenvalue weighted by Crippen LogP contribution is 2.15. The highest BCUT2D eigenvalue weighted by molar-refractivity contribution is 7.67. The van der Waals surface area contributed by atoms with Crippen molar-refractivity contribution in [1.82, 2.24) is 5.32 Å². The fourth-order valence-electron chi connectivity index (χ4n) is 1.25. The number of thiol groups is 1. The third-order valence-electron chi connectivity index (χ3n) is 2.17. The van der Waals surface area contributed by atoms with Gasteiger partial charge in [-0.2, -0.15) is 0 Å². The van der Waals surface area contributed by atoms with Crippen LogP contribution in [-0.2, 0) is 15.2 Å². The fourth-order valence-corrected chi connectivity index (χ4v) is 1.45. The van der Waals surface area contributed by atoms with E-state index in [0.29, 0.717) is 13.1 Å². The zero-order chi connectivity index (χ0) is 12.7. The first-order valence-electron chi connectivity index (χ1n) is 5.17. The van der Waals surface area contributed by atoms with E-state index in [0.717, 1.165) is 16.9 Å². The fraction of sp³-hybridized carbons (Fsp3) is 0.400. The second-order valence-corrected chi connectivity index (χ2v) is 4.20. The minimum atomic E-state index is -2.77. The SMILES string of the molecule is Cc1cc(NCCNCO[SH](=O)=O)ccc1N. The predicted octanol–water partition coefficient (Wildman–Crippen LogP) is 0.0792. The summed E-state index contributed by atoms with van der Waals surface area (Å²) in [4.78, 5) is 0. The van der Waals surface area contributed by atoms with Crippen LogP contribution in [0.1, 0.15) is 5.56 Å². The Bertz CT molecular complexity index is 427. The Hall–Kier alpha value is -1.31. The molecule has 0 aromatic heterocycles. The normalized spacial score (nSPS) is 10.7. The Kier molecular flexibility index (Phi) is 5.75. The third kappa shape index (κ3) is 5.53. The van der Waals surface area contributed by atoms with Gasteiger partial charge in [-0.15, -0.1) is 0 Å². The molecule has 1 aromatic carbocycles. The van der Waals surface area contributed by atoms with Crippen LogP contribution < -0.4 is 16.4 Å². The lowest BCUT2D eigenvalue weighted by Gasteiger charge is -2.08. The van der Waals surface area contributed by atoms with Gasteiger partial charge in [0.15, 0.2) is 0 Å². The molecule has 0 aliphatic heterocycles. The summed E-state index contributed by atoms with van der Waals surface area (Å²) in [7, 11) is -2.77. The Labute approximate surface area is 102 Å². The van der Waals surface area contributed by atoms with Crippen molar-refractivity contribution in [3.8, 4) is 0 Å². The summed E-state index contributed by atoms with van der Waals surface area (Å²) in [5.74, 6) is 0.